The predicted molar refractivity (Wildman–Crippen MR) is 43.6 cm³/mol. The third-order valence-corrected chi connectivity index (χ3v) is 1.83. The standard InChI is InChI=1S/C7H7NOSi/c10-7-8-5-3-1-2-4-6(5)9-7/h1-4H,10H3. The molecule has 0 aliphatic rings. The van der Waals surface area contributed by atoms with Crippen molar-refractivity contribution in [3.8, 4) is 0 Å². The van der Waals surface area contributed by atoms with Gasteiger partial charge in [0.15, 0.2) is 11.1 Å². The summed E-state index contributed by atoms with van der Waals surface area (Å²) >= 11 is 0. The van der Waals surface area contributed by atoms with E-state index in [4.69, 9.17) is 4.42 Å². The summed E-state index contributed by atoms with van der Waals surface area (Å²) in [7, 11) is 0.885. The van der Waals surface area contributed by atoms with Gasteiger partial charge in [-0.05, 0) is 12.1 Å². The molecule has 50 valence electrons. The first-order valence-corrected chi connectivity index (χ1v) is 4.18. The summed E-state index contributed by atoms with van der Waals surface area (Å²) < 4.78 is 5.32. The molecule has 1 heterocycles. The number of benzene rings is 1. The van der Waals surface area contributed by atoms with E-state index in [0.29, 0.717) is 0 Å². The second-order valence-corrected chi connectivity index (χ2v) is 3.06. The van der Waals surface area contributed by atoms with E-state index >= 15 is 0 Å². The largest absolute Gasteiger partial charge is 0.447 e. The van der Waals surface area contributed by atoms with E-state index < -0.39 is 0 Å². The highest BCUT2D eigenvalue weighted by Gasteiger charge is 1.96. The van der Waals surface area contributed by atoms with Crippen LogP contribution in [-0.4, -0.2) is 15.2 Å². The van der Waals surface area contributed by atoms with Gasteiger partial charge in [-0.15, -0.1) is 0 Å². The third kappa shape index (κ3) is 0.752. The predicted octanol–water partition coefficient (Wildman–Crippen LogP) is -0.181. The van der Waals surface area contributed by atoms with Crippen molar-refractivity contribution in [2.75, 3.05) is 0 Å². The van der Waals surface area contributed by atoms with Gasteiger partial charge in [0.1, 0.15) is 15.8 Å². The van der Waals surface area contributed by atoms with E-state index in [-0.39, 0.29) is 0 Å². The Hall–Kier alpha value is -1.09. The first-order chi connectivity index (χ1) is 4.86. The van der Waals surface area contributed by atoms with E-state index in [2.05, 4.69) is 4.98 Å². The Balaban J connectivity index is 2.88. The number of hydrogen-bond acceptors (Lipinski definition) is 2. The minimum absolute atomic E-state index is 0.862. The minimum atomic E-state index is 0.862. The molecule has 0 fully saturated rings. The number of nitrogens with zero attached hydrogens (tertiary/aromatic N) is 1. The normalized spacial score (nSPS) is 10.8. The van der Waals surface area contributed by atoms with Crippen LogP contribution >= 0.6 is 0 Å². The van der Waals surface area contributed by atoms with Gasteiger partial charge in [0.25, 0.3) is 0 Å². The van der Waals surface area contributed by atoms with Crippen LogP contribution in [0.25, 0.3) is 11.1 Å². The fourth-order valence-corrected chi connectivity index (χ4v) is 1.45. The van der Waals surface area contributed by atoms with Gasteiger partial charge in [-0.1, -0.05) is 12.1 Å². The van der Waals surface area contributed by atoms with Crippen molar-refractivity contribution in [2.24, 2.45) is 0 Å². The number of hydrogen-bond donors (Lipinski definition) is 0. The van der Waals surface area contributed by atoms with E-state index in [1.165, 1.54) is 0 Å². The van der Waals surface area contributed by atoms with Crippen molar-refractivity contribution < 1.29 is 4.42 Å². The number of aromatic nitrogens is 1. The summed E-state index contributed by atoms with van der Waals surface area (Å²) in [5.41, 5.74) is 2.72. The van der Waals surface area contributed by atoms with Crippen molar-refractivity contribution in [1.29, 1.82) is 0 Å². The molecule has 0 aliphatic heterocycles. The van der Waals surface area contributed by atoms with Crippen LogP contribution in [0.5, 0.6) is 0 Å². The molecule has 0 aliphatic carbocycles. The van der Waals surface area contributed by atoms with Crippen LogP contribution in [0.3, 0.4) is 0 Å². The smallest absolute Gasteiger partial charge is 0.156 e. The zero-order chi connectivity index (χ0) is 6.97. The fraction of sp³-hybridized carbons (Fsp3) is 0. The van der Waals surface area contributed by atoms with Crippen molar-refractivity contribution in [3.05, 3.63) is 24.3 Å². The molecule has 0 amide bonds. The van der Waals surface area contributed by atoms with Gasteiger partial charge < -0.3 is 4.42 Å². The van der Waals surface area contributed by atoms with Gasteiger partial charge in [0.2, 0.25) is 0 Å². The SMILES string of the molecule is [SiH3]c1nc2ccccc2o1. The van der Waals surface area contributed by atoms with Crippen LogP contribution in [-0.2, 0) is 0 Å². The Bertz CT molecular complexity index is 322. The Kier molecular flexibility index (Phi) is 1.11. The van der Waals surface area contributed by atoms with Gasteiger partial charge >= 0.3 is 0 Å². The molecule has 0 N–H and O–H groups in total. The van der Waals surface area contributed by atoms with Crippen LogP contribution < -0.4 is 5.51 Å². The highest BCUT2D eigenvalue weighted by atomic mass is 28.1. The molecular formula is C7H7NOSi. The molecule has 2 aromatic rings. The molecule has 0 bridgehead atoms. The minimum Gasteiger partial charge on any atom is -0.447 e. The van der Waals surface area contributed by atoms with Crippen LogP contribution in [0, 0.1) is 0 Å². The van der Waals surface area contributed by atoms with Crippen molar-refractivity contribution in [2.45, 2.75) is 0 Å². The third-order valence-electron chi connectivity index (χ3n) is 1.40. The first-order valence-electron chi connectivity index (χ1n) is 3.18. The molecular weight excluding hydrogens is 142 g/mol. The van der Waals surface area contributed by atoms with Crippen molar-refractivity contribution in [3.63, 3.8) is 0 Å². The van der Waals surface area contributed by atoms with Gasteiger partial charge in [0, 0.05) is 0 Å². The molecule has 0 unspecified atom stereocenters. The Morgan fingerprint density at radius 2 is 2.10 bits per heavy atom. The summed E-state index contributed by atoms with van der Waals surface area (Å²) in [4.78, 5) is 4.21. The summed E-state index contributed by atoms with van der Waals surface area (Å²) in [5, 5.41) is 0. The van der Waals surface area contributed by atoms with E-state index in [1.807, 2.05) is 24.3 Å². The molecule has 1 aromatic heterocycles. The van der Waals surface area contributed by atoms with Gasteiger partial charge in [-0.3, -0.25) is 0 Å². The van der Waals surface area contributed by atoms with Gasteiger partial charge in [-0.25, -0.2) is 4.98 Å². The highest BCUT2D eigenvalue weighted by Crippen LogP contribution is 2.07. The Morgan fingerprint density at radius 3 is 2.90 bits per heavy atom. The molecule has 0 saturated heterocycles. The average Bonchev–Trinajstić information content (AvgIpc) is 2.27. The maximum Gasteiger partial charge on any atom is 0.156 e. The number of para-hydroxylation sites is 2. The molecule has 1 aromatic carbocycles. The number of fused-ring (bicyclic) bond motifs is 1. The molecule has 0 spiro atoms. The zero-order valence-electron chi connectivity index (χ0n) is 5.66. The van der Waals surface area contributed by atoms with E-state index in [9.17, 15) is 0 Å². The lowest BCUT2D eigenvalue weighted by atomic mass is 10.3. The molecule has 10 heavy (non-hydrogen) atoms. The summed E-state index contributed by atoms with van der Waals surface area (Å²) in [6.45, 7) is 0. The number of oxazole rings is 1. The summed E-state index contributed by atoms with van der Waals surface area (Å²) in [6.07, 6.45) is 0. The van der Waals surface area contributed by atoms with Crippen molar-refractivity contribution in [1.82, 2.24) is 4.98 Å². The fourth-order valence-electron chi connectivity index (χ4n) is 0.987. The first kappa shape index (κ1) is 5.67. The Labute approximate surface area is 61.3 Å². The van der Waals surface area contributed by atoms with Crippen LogP contribution in [0.15, 0.2) is 28.7 Å². The lowest BCUT2D eigenvalue weighted by Crippen LogP contribution is -1.99. The maximum atomic E-state index is 5.32. The molecule has 3 heteroatoms. The molecule has 0 saturated carbocycles. The lowest BCUT2D eigenvalue weighted by molar-refractivity contribution is 0.644. The molecule has 2 rings (SSSR count). The summed E-state index contributed by atoms with van der Waals surface area (Å²) in [6, 6.07) is 7.81. The zero-order valence-corrected chi connectivity index (χ0v) is 7.66. The average molecular weight is 149 g/mol. The van der Waals surface area contributed by atoms with E-state index in [0.717, 1.165) is 26.9 Å². The van der Waals surface area contributed by atoms with Gasteiger partial charge in [0.05, 0.1) is 0 Å². The topological polar surface area (TPSA) is 26.0 Å². The number of rotatable bonds is 0. The second-order valence-electron chi connectivity index (χ2n) is 2.20. The van der Waals surface area contributed by atoms with E-state index in [1.54, 1.807) is 0 Å². The second kappa shape index (κ2) is 1.95. The van der Waals surface area contributed by atoms with Gasteiger partial charge in [-0.2, -0.15) is 0 Å². The van der Waals surface area contributed by atoms with Crippen LogP contribution in [0.2, 0.25) is 0 Å². The van der Waals surface area contributed by atoms with Crippen molar-refractivity contribution >= 4 is 26.9 Å². The maximum absolute atomic E-state index is 5.32. The quantitative estimate of drug-likeness (QED) is 0.486. The molecule has 0 atom stereocenters. The summed E-state index contributed by atoms with van der Waals surface area (Å²) in [5.74, 6) is 0. The Morgan fingerprint density at radius 1 is 1.30 bits per heavy atom. The molecule has 0 radical (unpaired) electrons. The monoisotopic (exact) mass is 149 g/mol. The van der Waals surface area contributed by atoms with Crippen LogP contribution in [0.4, 0.5) is 0 Å². The van der Waals surface area contributed by atoms with Crippen LogP contribution in [0.1, 0.15) is 0 Å². The lowest BCUT2D eigenvalue weighted by Gasteiger charge is -1.79. The molecule has 2 nitrogen and oxygen atoms in total. The highest BCUT2D eigenvalue weighted by molar-refractivity contribution is 6.28.